The van der Waals surface area contributed by atoms with Crippen LogP contribution in [0.25, 0.3) is 0 Å². The number of amides is 6. The van der Waals surface area contributed by atoms with Crippen LogP contribution in [0.1, 0.15) is 24.0 Å². The van der Waals surface area contributed by atoms with Crippen molar-refractivity contribution < 1.29 is 24.0 Å². The molecule has 2 heterocycles. The molecule has 1 unspecified atom stereocenters. The Hall–Kier alpha value is -4.18. The predicted molar refractivity (Wildman–Crippen MR) is 138 cm³/mol. The number of nitrogens with one attached hydrogen (secondary N) is 2. The highest BCUT2D eigenvalue weighted by Crippen LogP contribution is 2.25. The predicted octanol–water partition coefficient (Wildman–Crippen LogP) is 2.81. The van der Waals surface area contributed by atoms with Gasteiger partial charge in [-0.05, 0) is 48.7 Å². The highest BCUT2D eigenvalue weighted by Gasteiger charge is 2.42. The van der Waals surface area contributed by atoms with Crippen molar-refractivity contribution in [3.63, 3.8) is 0 Å². The molecule has 2 aliphatic heterocycles. The van der Waals surface area contributed by atoms with E-state index in [1.165, 1.54) is 4.90 Å². The lowest BCUT2D eigenvalue weighted by molar-refractivity contribution is -0.149. The Kier molecular flexibility index (Phi) is 7.30. The smallest absolute Gasteiger partial charge is 0.324 e. The third-order valence-corrected chi connectivity index (χ3v) is 6.67. The Morgan fingerprint density at radius 1 is 1.14 bits per heavy atom. The van der Waals surface area contributed by atoms with Crippen molar-refractivity contribution in [2.45, 2.75) is 32.4 Å². The Balaban J connectivity index is 1.41. The summed E-state index contributed by atoms with van der Waals surface area (Å²) in [6.07, 6.45) is 1.27. The van der Waals surface area contributed by atoms with Gasteiger partial charge in [0.2, 0.25) is 11.8 Å². The number of anilines is 2. The second-order valence-corrected chi connectivity index (χ2v) is 9.40. The van der Waals surface area contributed by atoms with Crippen molar-refractivity contribution in [2.75, 3.05) is 24.3 Å². The summed E-state index contributed by atoms with van der Waals surface area (Å²) in [6.45, 7) is 2.17. The number of rotatable bonds is 6. The molecule has 2 aromatic carbocycles. The lowest BCUT2D eigenvalue weighted by Crippen LogP contribution is -2.54. The summed E-state index contributed by atoms with van der Waals surface area (Å²) < 4.78 is 0. The van der Waals surface area contributed by atoms with Crippen LogP contribution in [0.5, 0.6) is 0 Å². The molecule has 0 aromatic heterocycles. The molecule has 0 aliphatic carbocycles. The molecule has 2 aromatic rings. The molecule has 6 amide bonds. The lowest BCUT2D eigenvalue weighted by Gasteiger charge is -2.28. The first-order valence-corrected chi connectivity index (χ1v) is 12.0. The van der Waals surface area contributed by atoms with Crippen LogP contribution in [0, 0.1) is 6.92 Å². The maximum absolute atomic E-state index is 13.0. The van der Waals surface area contributed by atoms with Gasteiger partial charge in [-0.1, -0.05) is 29.8 Å². The van der Waals surface area contributed by atoms with Gasteiger partial charge in [0.25, 0.3) is 11.8 Å². The van der Waals surface area contributed by atoms with E-state index in [2.05, 4.69) is 10.6 Å². The van der Waals surface area contributed by atoms with Crippen LogP contribution < -0.4 is 15.5 Å². The number of halogens is 1. The van der Waals surface area contributed by atoms with E-state index in [-0.39, 0.29) is 31.1 Å². The number of urea groups is 1. The monoisotopic (exact) mass is 523 g/mol. The van der Waals surface area contributed by atoms with Crippen molar-refractivity contribution in [1.82, 2.24) is 15.1 Å². The zero-order chi connectivity index (χ0) is 26.9. The summed E-state index contributed by atoms with van der Waals surface area (Å²) >= 11 is 6.20. The normalized spacial score (nSPS) is 17.5. The van der Waals surface area contributed by atoms with Crippen LogP contribution in [0.4, 0.5) is 16.2 Å². The van der Waals surface area contributed by atoms with E-state index >= 15 is 0 Å². The number of hydrogen-bond donors (Lipinski definition) is 2. The second kappa shape index (κ2) is 10.4. The van der Waals surface area contributed by atoms with Crippen LogP contribution in [-0.4, -0.2) is 59.6 Å². The molecule has 0 saturated carbocycles. The molecule has 0 bridgehead atoms. The lowest BCUT2D eigenvalue weighted by atomic mass is 10.0. The average molecular weight is 524 g/mol. The number of benzene rings is 2. The zero-order valence-corrected chi connectivity index (χ0v) is 21.3. The van der Waals surface area contributed by atoms with Crippen molar-refractivity contribution in [1.29, 1.82) is 0 Å². The molecule has 1 saturated heterocycles. The maximum Gasteiger partial charge on any atom is 0.324 e. The highest BCUT2D eigenvalue weighted by atomic mass is 35.5. The van der Waals surface area contributed by atoms with Crippen molar-refractivity contribution >= 4 is 52.6 Å². The van der Waals surface area contributed by atoms with E-state index in [4.69, 9.17) is 11.6 Å². The van der Waals surface area contributed by atoms with Gasteiger partial charge in [0.05, 0.1) is 0 Å². The van der Waals surface area contributed by atoms with Crippen molar-refractivity contribution in [3.05, 3.63) is 70.4 Å². The number of nitrogens with zero attached hydrogens (tertiary/aromatic N) is 3. The summed E-state index contributed by atoms with van der Waals surface area (Å²) in [6, 6.07) is 11.2. The summed E-state index contributed by atoms with van der Waals surface area (Å²) in [5, 5.41) is 5.67. The van der Waals surface area contributed by atoms with Crippen LogP contribution in [0.2, 0.25) is 5.02 Å². The summed E-state index contributed by atoms with van der Waals surface area (Å²) in [5.74, 6) is -2.36. The van der Waals surface area contributed by atoms with E-state index in [0.717, 1.165) is 22.1 Å². The molecule has 4 rings (SSSR count). The topological polar surface area (TPSA) is 119 Å². The van der Waals surface area contributed by atoms with E-state index in [1.54, 1.807) is 43.3 Å². The second-order valence-electron chi connectivity index (χ2n) is 8.99. The zero-order valence-electron chi connectivity index (χ0n) is 20.6. The first-order valence-electron chi connectivity index (χ1n) is 11.6. The van der Waals surface area contributed by atoms with Gasteiger partial charge < -0.3 is 10.2 Å². The number of carbonyl (C=O) groups is 5. The molecule has 11 heteroatoms. The first-order chi connectivity index (χ1) is 17.5. The van der Waals surface area contributed by atoms with Gasteiger partial charge in [0.15, 0.2) is 0 Å². The van der Waals surface area contributed by atoms with Crippen LogP contribution in [-0.2, 0) is 25.7 Å². The number of carbonyl (C=O) groups excluding carboxylic acids is 5. The SMILES string of the molecule is Cc1ccc(N(C)C(=O)N(C)Cc2cccc(NC3=CC(=O)N(C4CCC(=O)NC4=O)C3=O)c2)cc1Cl. The molecule has 192 valence electrons. The van der Waals surface area contributed by atoms with Gasteiger partial charge in [-0.15, -0.1) is 0 Å². The Bertz CT molecular complexity index is 1340. The minimum absolute atomic E-state index is 0.0206. The molecule has 37 heavy (non-hydrogen) atoms. The number of imide groups is 2. The Labute approximate surface area is 218 Å². The van der Waals surface area contributed by atoms with E-state index < -0.39 is 29.7 Å². The molecule has 2 N–H and O–H groups in total. The average Bonchev–Trinajstić information content (AvgIpc) is 3.12. The van der Waals surface area contributed by atoms with E-state index in [9.17, 15) is 24.0 Å². The Morgan fingerprint density at radius 3 is 2.59 bits per heavy atom. The maximum atomic E-state index is 13.0. The summed E-state index contributed by atoms with van der Waals surface area (Å²) in [7, 11) is 3.34. The standard InChI is InChI=1S/C26H26ClN5O5/c1-15-7-8-18(12-19(15)27)31(3)26(37)30(2)14-16-5-4-6-17(11-16)28-20-13-23(34)32(25(20)36)21-9-10-22(33)29-24(21)35/h4-8,11-13,21,28H,9-10,14H2,1-3H3,(H,29,33,35). The van der Waals surface area contributed by atoms with Gasteiger partial charge in [-0.3, -0.25) is 34.3 Å². The third-order valence-electron chi connectivity index (χ3n) is 6.26. The van der Waals surface area contributed by atoms with Gasteiger partial charge in [0, 0.05) is 49.5 Å². The molecule has 1 atom stereocenters. The third kappa shape index (κ3) is 5.49. The largest absolute Gasteiger partial charge is 0.351 e. The van der Waals surface area contributed by atoms with Gasteiger partial charge in [-0.2, -0.15) is 0 Å². The molecule has 1 fully saturated rings. The number of piperidine rings is 1. The fraction of sp³-hybridized carbons (Fsp3) is 0.269. The fourth-order valence-corrected chi connectivity index (χ4v) is 4.37. The molecular formula is C26H26ClN5O5. The fourth-order valence-electron chi connectivity index (χ4n) is 4.20. The number of aryl methyl sites for hydroxylation is 1. The molecular weight excluding hydrogens is 498 g/mol. The minimum Gasteiger partial charge on any atom is -0.351 e. The van der Waals surface area contributed by atoms with Crippen LogP contribution in [0.15, 0.2) is 54.2 Å². The van der Waals surface area contributed by atoms with Crippen molar-refractivity contribution in [2.24, 2.45) is 0 Å². The van der Waals surface area contributed by atoms with Gasteiger partial charge in [-0.25, -0.2) is 4.79 Å². The highest BCUT2D eigenvalue weighted by molar-refractivity contribution is 6.31. The van der Waals surface area contributed by atoms with E-state index in [0.29, 0.717) is 16.4 Å². The van der Waals surface area contributed by atoms with E-state index in [1.807, 2.05) is 25.1 Å². The van der Waals surface area contributed by atoms with Crippen molar-refractivity contribution in [3.8, 4) is 0 Å². The van der Waals surface area contributed by atoms with Crippen LogP contribution >= 0.6 is 11.6 Å². The number of hydrogen-bond acceptors (Lipinski definition) is 6. The Morgan fingerprint density at radius 2 is 1.89 bits per heavy atom. The molecule has 0 spiro atoms. The van der Waals surface area contributed by atoms with Gasteiger partial charge >= 0.3 is 6.03 Å². The quantitative estimate of drug-likeness (QED) is 0.562. The molecule has 10 nitrogen and oxygen atoms in total. The summed E-state index contributed by atoms with van der Waals surface area (Å²) in [4.78, 5) is 65.8. The molecule has 0 radical (unpaired) electrons. The molecule has 2 aliphatic rings. The first kappa shape index (κ1) is 25.9. The summed E-state index contributed by atoms with van der Waals surface area (Å²) in [5.41, 5.74) is 2.93. The minimum atomic E-state index is -1.03. The van der Waals surface area contributed by atoms with Crippen LogP contribution in [0.3, 0.4) is 0 Å². The van der Waals surface area contributed by atoms with Gasteiger partial charge in [0.1, 0.15) is 11.7 Å².